The van der Waals surface area contributed by atoms with Crippen LogP contribution in [0.2, 0.25) is 10.0 Å². The van der Waals surface area contributed by atoms with E-state index in [0.29, 0.717) is 45.0 Å². The van der Waals surface area contributed by atoms with Crippen LogP contribution in [0.25, 0.3) is 11.4 Å². The third-order valence-electron chi connectivity index (χ3n) is 4.28. The van der Waals surface area contributed by atoms with Gasteiger partial charge in [-0.3, -0.25) is 13.9 Å². The molecule has 3 aromatic rings. The maximum absolute atomic E-state index is 13.1. The van der Waals surface area contributed by atoms with E-state index < -0.39 is 0 Å². The van der Waals surface area contributed by atoms with Crippen LogP contribution in [0, 0.1) is 4.77 Å². The maximum Gasteiger partial charge on any atom is 0.265 e. The molecule has 2 aromatic carbocycles. The van der Waals surface area contributed by atoms with Gasteiger partial charge in [0.2, 0.25) is 5.88 Å². The first-order valence-corrected chi connectivity index (χ1v) is 9.28. The number of halogens is 2. The molecule has 0 radical (unpaired) electrons. The van der Waals surface area contributed by atoms with Gasteiger partial charge in [0.1, 0.15) is 0 Å². The Morgan fingerprint density at radius 3 is 2.00 bits per heavy atom. The quantitative estimate of drug-likeness (QED) is 0.564. The summed E-state index contributed by atoms with van der Waals surface area (Å²) in [6.07, 6.45) is 1.44. The minimum atomic E-state index is -0.155. The molecule has 4 rings (SSSR count). The number of aromatic nitrogens is 2. The standard InChI is InChI=1S/C19H14Cl2N2O2S/c20-12-3-7-14(8-4-12)22-17(24)16-2-1-11-25-18(16)23(19(22)26)15-9-5-13(21)6-10-15/h3-10H,1-2,11H2. The van der Waals surface area contributed by atoms with E-state index in [4.69, 9.17) is 40.2 Å². The summed E-state index contributed by atoms with van der Waals surface area (Å²) in [5.41, 5.74) is 1.92. The number of hydrogen-bond donors (Lipinski definition) is 0. The summed E-state index contributed by atoms with van der Waals surface area (Å²) in [6.45, 7) is 0.555. The van der Waals surface area contributed by atoms with Gasteiger partial charge in [-0.2, -0.15) is 0 Å². The average Bonchev–Trinajstić information content (AvgIpc) is 2.65. The van der Waals surface area contributed by atoms with Crippen LogP contribution in [-0.2, 0) is 6.42 Å². The van der Waals surface area contributed by atoms with Crippen molar-refractivity contribution in [1.82, 2.24) is 9.13 Å². The van der Waals surface area contributed by atoms with E-state index in [9.17, 15) is 4.79 Å². The van der Waals surface area contributed by atoms with E-state index in [1.54, 1.807) is 41.0 Å². The predicted octanol–water partition coefficient (Wildman–Crippen LogP) is 4.99. The fourth-order valence-corrected chi connectivity index (χ4v) is 3.68. The van der Waals surface area contributed by atoms with Crippen LogP contribution < -0.4 is 10.3 Å². The molecule has 0 amide bonds. The van der Waals surface area contributed by atoms with Crippen LogP contribution >= 0.6 is 35.4 Å². The molecule has 0 unspecified atom stereocenters. The highest BCUT2D eigenvalue weighted by Crippen LogP contribution is 2.28. The minimum Gasteiger partial charge on any atom is -0.478 e. The van der Waals surface area contributed by atoms with Crippen LogP contribution in [0.3, 0.4) is 0 Å². The number of hydrogen-bond acceptors (Lipinski definition) is 3. The number of ether oxygens (including phenoxy) is 1. The lowest BCUT2D eigenvalue weighted by molar-refractivity contribution is 0.265. The monoisotopic (exact) mass is 404 g/mol. The Balaban J connectivity index is 2.06. The first kappa shape index (κ1) is 17.3. The van der Waals surface area contributed by atoms with Crippen molar-refractivity contribution >= 4 is 35.4 Å². The van der Waals surface area contributed by atoms with Crippen molar-refractivity contribution in [2.24, 2.45) is 0 Å². The Morgan fingerprint density at radius 1 is 0.885 bits per heavy atom. The molecular formula is C19H14Cl2N2O2S. The smallest absolute Gasteiger partial charge is 0.265 e. The molecule has 0 spiro atoms. The molecule has 1 aliphatic heterocycles. The highest BCUT2D eigenvalue weighted by Gasteiger charge is 2.23. The highest BCUT2D eigenvalue weighted by molar-refractivity contribution is 7.71. The van der Waals surface area contributed by atoms with Crippen molar-refractivity contribution < 1.29 is 4.74 Å². The molecule has 1 aliphatic rings. The number of benzene rings is 2. The number of nitrogens with zero attached hydrogens (tertiary/aromatic N) is 2. The second-order valence-corrected chi connectivity index (χ2v) is 7.19. The molecule has 7 heteroatoms. The van der Waals surface area contributed by atoms with Crippen molar-refractivity contribution in [1.29, 1.82) is 0 Å². The minimum absolute atomic E-state index is 0.155. The van der Waals surface area contributed by atoms with Gasteiger partial charge in [0.15, 0.2) is 4.77 Å². The SMILES string of the molecule is O=c1c2c(n(-c3ccc(Cl)cc3)c(=S)n1-c1ccc(Cl)cc1)OCCC2. The van der Waals surface area contributed by atoms with Gasteiger partial charge in [-0.1, -0.05) is 23.2 Å². The molecule has 0 aliphatic carbocycles. The molecule has 4 nitrogen and oxygen atoms in total. The zero-order chi connectivity index (χ0) is 18.3. The van der Waals surface area contributed by atoms with Crippen LogP contribution in [0.5, 0.6) is 5.88 Å². The van der Waals surface area contributed by atoms with E-state index in [1.807, 2.05) is 12.1 Å². The summed E-state index contributed by atoms with van der Waals surface area (Å²) < 4.78 is 9.48. The number of fused-ring (bicyclic) bond motifs is 1. The lowest BCUT2D eigenvalue weighted by Crippen LogP contribution is -2.31. The molecular weight excluding hydrogens is 391 g/mol. The van der Waals surface area contributed by atoms with Crippen molar-refractivity contribution in [3.8, 4) is 17.3 Å². The van der Waals surface area contributed by atoms with Crippen LogP contribution in [-0.4, -0.2) is 15.7 Å². The lowest BCUT2D eigenvalue weighted by Gasteiger charge is -2.24. The molecule has 0 N–H and O–H groups in total. The van der Waals surface area contributed by atoms with Gasteiger partial charge in [-0.05, 0) is 73.6 Å². The molecule has 2 heterocycles. The Kier molecular flexibility index (Phi) is 4.61. The van der Waals surface area contributed by atoms with Gasteiger partial charge in [-0.15, -0.1) is 0 Å². The summed E-state index contributed by atoms with van der Waals surface area (Å²) in [5, 5.41) is 1.22. The molecule has 0 saturated heterocycles. The third kappa shape index (κ3) is 2.96. The Bertz CT molecular complexity index is 1090. The molecule has 0 atom stereocenters. The van der Waals surface area contributed by atoms with Crippen molar-refractivity contribution in [2.45, 2.75) is 12.8 Å². The van der Waals surface area contributed by atoms with Gasteiger partial charge in [-0.25, -0.2) is 0 Å². The predicted molar refractivity (Wildman–Crippen MR) is 106 cm³/mol. The van der Waals surface area contributed by atoms with E-state index in [0.717, 1.165) is 12.1 Å². The fraction of sp³-hybridized carbons (Fsp3) is 0.158. The first-order chi connectivity index (χ1) is 12.6. The zero-order valence-electron chi connectivity index (χ0n) is 13.6. The van der Waals surface area contributed by atoms with E-state index >= 15 is 0 Å². The van der Waals surface area contributed by atoms with Crippen LogP contribution in [0.15, 0.2) is 53.3 Å². The summed E-state index contributed by atoms with van der Waals surface area (Å²) in [4.78, 5) is 13.1. The fourth-order valence-electron chi connectivity index (χ4n) is 3.05. The lowest BCUT2D eigenvalue weighted by atomic mass is 10.1. The van der Waals surface area contributed by atoms with Gasteiger partial charge < -0.3 is 4.74 Å². The Morgan fingerprint density at radius 2 is 1.42 bits per heavy atom. The highest BCUT2D eigenvalue weighted by atomic mass is 35.5. The largest absolute Gasteiger partial charge is 0.478 e. The molecule has 0 bridgehead atoms. The van der Waals surface area contributed by atoms with Gasteiger partial charge in [0.05, 0.1) is 23.5 Å². The topological polar surface area (TPSA) is 36.2 Å². The first-order valence-electron chi connectivity index (χ1n) is 8.12. The molecule has 1 aromatic heterocycles. The molecule has 0 fully saturated rings. The Labute approximate surface area is 165 Å². The summed E-state index contributed by atoms with van der Waals surface area (Å²) >= 11 is 17.7. The van der Waals surface area contributed by atoms with E-state index in [1.165, 1.54) is 4.57 Å². The normalized spacial score (nSPS) is 13.2. The van der Waals surface area contributed by atoms with Gasteiger partial charge in [0, 0.05) is 10.0 Å². The summed E-state index contributed by atoms with van der Waals surface area (Å²) in [6, 6.07) is 14.3. The van der Waals surface area contributed by atoms with Gasteiger partial charge >= 0.3 is 0 Å². The second-order valence-electron chi connectivity index (χ2n) is 5.95. The summed E-state index contributed by atoms with van der Waals surface area (Å²) in [5.74, 6) is 0.513. The zero-order valence-corrected chi connectivity index (χ0v) is 15.9. The van der Waals surface area contributed by atoms with Crippen LogP contribution in [0.1, 0.15) is 12.0 Å². The number of rotatable bonds is 2. The van der Waals surface area contributed by atoms with Crippen molar-refractivity contribution in [3.63, 3.8) is 0 Å². The van der Waals surface area contributed by atoms with Crippen LogP contribution in [0.4, 0.5) is 0 Å². The van der Waals surface area contributed by atoms with Crippen molar-refractivity contribution in [3.05, 3.63) is 79.3 Å². The average molecular weight is 405 g/mol. The molecule has 0 saturated carbocycles. The van der Waals surface area contributed by atoms with E-state index in [-0.39, 0.29) is 5.56 Å². The molecule has 26 heavy (non-hydrogen) atoms. The van der Waals surface area contributed by atoms with Crippen molar-refractivity contribution in [2.75, 3.05) is 6.61 Å². The Hall–Kier alpha value is -2.08. The van der Waals surface area contributed by atoms with Gasteiger partial charge in [0.25, 0.3) is 5.56 Å². The maximum atomic E-state index is 13.1. The van der Waals surface area contributed by atoms with E-state index in [2.05, 4.69) is 0 Å². The third-order valence-corrected chi connectivity index (χ3v) is 5.15. The summed E-state index contributed by atoms with van der Waals surface area (Å²) in [7, 11) is 0. The second kappa shape index (κ2) is 6.91. The molecule has 132 valence electrons.